The Morgan fingerprint density at radius 1 is 1.30 bits per heavy atom. The van der Waals surface area contributed by atoms with E-state index in [1.165, 1.54) is 6.26 Å². The molecular weight excluding hydrogens is 442 g/mol. The van der Waals surface area contributed by atoms with E-state index >= 15 is 0 Å². The summed E-state index contributed by atoms with van der Waals surface area (Å²) in [5.41, 5.74) is 4.52. The van der Waals surface area contributed by atoms with E-state index in [0.29, 0.717) is 48.2 Å². The number of halogens is 1. The number of hydrogen-bond acceptors (Lipinski definition) is 5. The Hall–Kier alpha value is -3.32. The number of pyridine rings is 1. The summed E-state index contributed by atoms with van der Waals surface area (Å²) < 4.78 is 11.0. The molecule has 8 heteroatoms. The van der Waals surface area contributed by atoms with Gasteiger partial charge in [0.1, 0.15) is 11.5 Å². The van der Waals surface area contributed by atoms with Gasteiger partial charge in [0.2, 0.25) is 0 Å². The fourth-order valence-electron chi connectivity index (χ4n) is 4.08. The third-order valence-electron chi connectivity index (χ3n) is 5.89. The zero-order valence-electron chi connectivity index (χ0n) is 18.9. The maximum atomic E-state index is 13.0. The van der Waals surface area contributed by atoms with Crippen LogP contribution in [0.25, 0.3) is 0 Å². The molecule has 7 nitrogen and oxygen atoms in total. The second-order valence-corrected chi connectivity index (χ2v) is 8.56. The molecule has 0 aliphatic carbocycles. The smallest absolute Gasteiger partial charge is 0.263 e. The zero-order valence-corrected chi connectivity index (χ0v) is 19.6. The van der Waals surface area contributed by atoms with Crippen molar-refractivity contribution in [2.24, 2.45) is 0 Å². The predicted molar refractivity (Wildman–Crippen MR) is 124 cm³/mol. The number of fused-ring (bicyclic) bond motifs is 1. The SMILES string of the molecule is Cc1ncc2c(c1CNC(=O)c1ccoc1C)CCN(C(=O)[C@H](C)Oc1cccc(Cl)c1)C2. The Labute approximate surface area is 197 Å². The molecule has 3 aromatic rings. The van der Waals surface area contributed by atoms with Crippen molar-refractivity contribution in [2.45, 2.75) is 46.4 Å². The van der Waals surface area contributed by atoms with Crippen LogP contribution in [-0.4, -0.2) is 34.3 Å². The van der Waals surface area contributed by atoms with Crippen molar-refractivity contribution in [1.82, 2.24) is 15.2 Å². The number of rotatable bonds is 6. The van der Waals surface area contributed by atoms with E-state index in [2.05, 4.69) is 10.3 Å². The van der Waals surface area contributed by atoms with Crippen molar-refractivity contribution >= 4 is 23.4 Å². The number of carbonyl (C=O) groups excluding carboxylic acids is 2. The molecule has 0 saturated heterocycles. The highest BCUT2D eigenvalue weighted by Gasteiger charge is 2.28. The molecule has 172 valence electrons. The molecule has 0 bridgehead atoms. The van der Waals surface area contributed by atoms with Gasteiger partial charge in [-0.1, -0.05) is 17.7 Å². The standard InChI is InChI=1S/C25H26ClN3O4/c1-15-23(13-28-24(30)21-8-10-32-16(21)2)22-7-9-29(14-18(22)12-27-15)25(31)17(3)33-20-6-4-5-19(26)11-20/h4-6,8,10-12,17H,7,9,13-14H2,1-3H3,(H,28,30)/t17-/m0/s1. The molecule has 1 N–H and O–H groups in total. The molecule has 0 radical (unpaired) electrons. The maximum absolute atomic E-state index is 13.0. The Morgan fingerprint density at radius 2 is 2.12 bits per heavy atom. The Morgan fingerprint density at radius 3 is 2.85 bits per heavy atom. The van der Waals surface area contributed by atoms with E-state index in [1.807, 2.05) is 13.1 Å². The van der Waals surface area contributed by atoms with Crippen LogP contribution in [0.3, 0.4) is 0 Å². The van der Waals surface area contributed by atoms with Crippen LogP contribution in [0.15, 0.2) is 47.2 Å². The van der Waals surface area contributed by atoms with Crippen molar-refractivity contribution in [3.63, 3.8) is 0 Å². The lowest BCUT2D eigenvalue weighted by Crippen LogP contribution is -2.43. The van der Waals surface area contributed by atoms with E-state index in [9.17, 15) is 9.59 Å². The molecule has 33 heavy (non-hydrogen) atoms. The molecule has 2 aromatic heterocycles. The lowest BCUT2D eigenvalue weighted by Gasteiger charge is -2.32. The molecule has 1 aromatic carbocycles. The van der Waals surface area contributed by atoms with Crippen molar-refractivity contribution < 1.29 is 18.7 Å². The highest BCUT2D eigenvalue weighted by Crippen LogP contribution is 2.25. The minimum absolute atomic E-state index is 0.0912. The quantitative estimate of drug-likeness (QED) is 0.586. The monoisotopic (exact) mass is 467 g/mol. The van der Waals surface area contributed by atoms with Crippen LogP contribution in [0.5, 0.6) is 5.75 Å². The number of nitrogens with zero attached hydrogens (tertiary/aromatic N) is 2. The number of nitrogens with one attached hydrogen (secondary N) is 1. The van der Waals surface area contributed by atoms with Crippen LogP contribution >= 0.6 is 11.6 Å². The number of hydrogen-bond donors (Lipinski definition) is 1. The van der Waals surface area contributed by atoms with Gasteiger partial charge < -0.3 is 19.4 Å². The number of carbonyl (C=O) groups is 2. The third-order valence-corrected chi connectivity index (χ3v) is 6.13. The van der Waals surface area contributed by atoms with Gasteiger partial charge in [-0.05, 0) is 68.1 Å². The van der Waals surface area contributed by atoms with Gasteiger partial charge >= 0.3 is 0 Å². The van der Waals surface area contributed by atoms with Crippen molar-refractivity contribution in [1.29, 1.82) is 0 Å². The molecule has 1 aliphatic rings. The molecule has 2 amide bonds. The molecule has 1 aliphatic heterocycles. The Balaban J connectivity index is 1.44. The van der Waals surface area contributed by atoms with E-state index in [1.54, 1.807) is 49.1 Å². The fraction of sp³-hybridized carbons (Fsp3) is 0.320. The summed E-state index contributed by atoms with van der Waals surface area (Å²) in [4.78, 5) is 31.8. The van der Waals surface area contributed by atoms with Gasteiger partial charge in [-0.2, -0.15) is 0 Å². The van der Waals surface area contributed by atoms with Gasteiger partial charge in [0.25, 0.3) is 11.8 Å². The van der Waals surface area contributed by atoms with E-state index in [4.69, 9.17) is 20.8 Å². The first kappa shape index (κ1) is 22.9. The topological polar surface area (TPSA) is 84.7 Å². The third kappa shape index (κ3) is 5.03. The highest BCUT2D eigenvalue weighted by atomic mass is 35.5. The number of aromatic nitrogens is 1. The largest absolute Gasteiger partial charge is 0.481 e. The second-order valence-electron chi connectivity index (χ2n) is 8.13. The van der Waals surface area contributed by atoms with Gasteiger partial charge in [-0.25, -0.2) is 0 Å². The second kappa shape index (κ2) is 9.67. The molecule has 0 unspecified atom stereocenters. The van der Waals surface area contributed by atoms with Crippen molar-refractivity contribution in [3.05, 3.63) is 81.5 Å². The van der Waals surface area contributed by atoms with Crippen LogP contribution in [0.4, 0.5) is 0 Å². The molecule has 4 rings (SSSR count). The van der Waals surface area contributed by atoms with E-state index in [0.717, 1.165) is 22.4 Å². The number of amides is 2. The summed E-state index contributed by atoms with van der Waals surface area (Å²) in [7, 11) is 0. The summed E-state index contributed by atoms with van der Waals surface area (Å²) in [5.74, 6) is 0.869. The summed E-state index contributed by atoms with van der Waals surface area (Å²) in [6.07, 6.45) is 3.37. The zero-order chi connectivity index (χ0) is 23.5. The molecule has 0 fully saturated rings. The van der Waals surface area contributed by atoms with Crippen LogP contribution in [0.1, 0.15) is 45.4 Å². The van der Waals surface area contributed by atoms with Crippen molar-refractivity contribution in [3.8, 4) is 5.75 Å². The van der Waals surface area contributed by atoms with Gasteiger partial charge in [-0.15, -0.1) is 0 Å². The first-order chi connectivity index (χ1) is 15.8. The summed E-state index contributed by atoms with van der Waals surface area (Å²) in [6, 6.07) is 8.67. The van der Waals surface area contributed by atoms with Crippen LogP contribution < -0.4 is 10.1 Å². The minimum atomic E-state index is -0.639. The minimum Gasteiger partial charge on any atom is -0.481 e. The molecule has 0 saturated carbocycles. The fourth-order valence-corrected chi connectivity index (χ4v) is 4.26. The Kier molecular flexibility index (Phi) is 6.70. The normalized spacial score (nSPS) is 13.9. The molecular formula is C25H26ClN3O4. The molecule has 1 atom stereocenters. The predicted octanol–water partition coefficient (Wildman–Crippen LogP) is 4.23. The first-order valence-electron chi connectivity index (χ1n) is 10.8. The number of ether oxygens (including phenoxy) is 1. The van der Waals surface area contributed by atoms with Gasteiger partial charge in [0.15, 0.2) is 6.10 Å². The van der Waals surface area contributed by atoms with Gasteiger partial charge in [0, 0.05) is 36.5 Å². The first-order valence-corrected chi connectivity index (χ1v) is 11.2. The average Bonchev–Trinajstić information content (AvgIpc) is 3.23. The van der Waals surface area contributed by atoms with E-state index in [-0.39, 0.29) is 11.8 Å². The Bertz CT molecular complexity index is 1190. The molecule has 0 spiro atoms. The summed E-state index contributed by atoms with van der Waals surface area (Å²) in [6.45, 7) is 6.82. The summed E-state index contributed by atoms with van der Waals surface area (Å²) >= 11 is 6.01. The molecule has 3 heterocycles. The number of aryl methyl sites for hydroxylation is 2. The van der Waals surface area contributed by atoms with Crippen LogP contribution in [0.2, 0.25) is 5.02 Å². The van der Waals surface area contributed by atoms with E-state index < -0.39 is 6.10 Å². The highest BCUT2D eigenvalue weighted by molar-refractivity contribution is 6.30. The van der Waals surface area contributed by atoms with Crippen LogP contribution in [-0.2, 0) is 24.3 Å². The maximum Gasteiger partial charge on any atom is 0.263 e. The lowest BCUT2D eigenvalue weighted by atomic mass is 9.94. The number of furan rings is 1. The summed E-state index contributed by atoms with van der Waals surface area (Å²) in [5, 5.41) is 3.53. The van der Waals surface area contributed by atoms with Crippen molar-refractivity contribution in [2.75, 3.05) is 6.54 Å². The lowest BCUT2D eigenvalue weighted by molar-refractivity contribution is -0.138. The van der Waals surface area contributed by atoms with Gasteiger partial charge in [0.05, 0.1) is 11.8 Å². The average molecular weight is 468 g/mol. The van der Waals surface area contributed by atoms with Gasteiger partial charge in [-0.3, -0.25) is 14.6 Å². The van der Waals surface area contributed by atoms with Crippen LogP contribution in [0, 0.1) is 13.8 Å². The number of benzene rings is 1.